The number of methoxy groups -OCH3 is 2. The monoisotopic (exact) mass is 737 g/mol. The Labute approximate surface area is 312 Å². The lowest BCUT2D eigenvalue weighted by Gasteiger charge is -2.60. The van der Waals surface area contributed by atoms with Gasteiger partial charge in [-0.2, -0.15) is 0 Å². The fourth-order valence-electron chi connectivity index (χ4n) is 9.29. The number of carbonyl (C=O) groups is 2. The molecule has 0 radical (unpaired) electrons. The number of rotatable bonds is 8. The van der Waals surface area contributed by atoms with E-state index in [0.29, 0.717) is 63.4 Å². The summed E-state index contributed by atoms with van der Waals surface area (Å²) in [5.74, 6) is 0.746. The Bertz CT molecular complexity index is 2160. The maximum atomic E-state index is 16.6. The Balaban J connectivity index is 0.956. The lowest BCUT2D eigenvalue weighted by molar-refractivity contribution is -0.157. The maximum absolute atomic E-state index is 16.6. The third-order valence-electron chi connectivity index (χ3n) is 11.8. The number of benzene rings is 2. The predicted molar refractivity (Wildman–Crippen MR) is 197 cm³/mol. The first-order chi connectivity index (χ1) is 25.6. The van der Waals surface area contributed by atoms with Crippen molar-refractivity contribution in [1.82, 2.24) is 35.0 Å². The summed E-state index contributed by atoms with van der Waals surface area (Å²) in [6.45, 7) is 7.24. The number of halogens is 2. The SMILES string of the molecule is COc1nc(-c2cccc(-c3cccc(-c4cc5c(c(OC)n4)C(N4CC6(CCC(=O)N6)C4)CC5)c3F)c2Cl)cnc1CN1CC2(C1)CN(C(C)=O)C2. The predicted octanol–water partition coefficient (Wildman–Crippen LogP) is 5.30. The Morgan fingerprint density at radius 2 is 1.64 bits per heavy atom. The second-order valence-electron chi connectivity index (χ2n) is 15.4. The van der Waals surface area contributed by atoms with E-state index in [1.165, 1.54) is 0 Å². The minimum absolute atomic E-state index is 0.111. The van der Waals surface area contributed by atoms with E-state index in [0.717, 1.165) is 75.4 Å². The molecule has 4 aliphatic heterocycles. The van der Waals surface area contributed by atoms with Crippen LogP contribution in [0.4, 0.5) is 4.39 Å². The van der Waals surface area contributed by atoms with Crippen molar-refractivity contribution >= 4 is 23.4 Å². The number of hydrogen-bond acceptors (Lipinski definition) is 9. The molecule has 274 valence electrons. The fourth-order valence-corrected chi connectivity index (χ4v) is 9.61. The molecule has 53 heavy (non-hydrogen) atoms. The quantitative estimate of drug-likeness (QED) is 0.258. The zero-order valence-corrected chi connectivity index (χ0v) is 30.8. The van der Waals surface area contributed by atoms with Crippen LogP contribution in [0.25, 0.3) is 33.6 Å². The van der Waals surface area contributed by atoms with Gasteiger partial charge in [0.2, 0.25) is 23.6 Å². The molecule has 1 atom stereocenters. The van der Waals surface area contributed by atoms with Crippen LogP contribution in [-0.4, -0.2) is 100 Å². The van der Waals surface area contributed by atoms with E-state index in [1.807, 2.05) is 29.2 Å². The van der Waals surface area contributed by atoms with Gasteiger partial charge in [0.15, 0.2) is 0 Å². The molecular formula is C40H41ClFN7O4. The van der Waals surface area contributed by atoms with Crippen LogP contribution in [0.2, 0.25) is 5.02 Å². The highest BCUT2D eigenvalue weighted by Crippen LogP contribution is 2.47. The van der Waals surface area contributed by atoms with Crippen molar-refractivity contribution < 1.29 is 23.5 Å². The van der Waals surface area contributed by atoms with Gasteiger partial charge in [0.25, 0.3) is 0 Å². The number of aromatic nitrogens is 3. The molecule has 0 saturated carbocycles. The average Bonchev–Trinajstić information content (AvgIpc) is 3.71. The van der Waals surface area contributed by atoms with Gasteiger partial charge in [-0.15, -0.1) is 0 Å². The molecule has 5 aliphatic rings. The van der Waals surface area contributed by atoms with Crippen molar-refractivity contribution in [3.8, 4) is 45.4 Å². The summed E-state index contributed by atoms with van der Waals surface area (Å²) in [5.41, 5.74) is 5.83. The van der Waals surface area contributed by atoms with E-state index in [-0.39, 0.29) is 28.8 Å². The molecule has 2 aromatic heterocycles. The Morgan fingerprint density at radius 1 is 0.943 bits per heavy atom. The third-order valence-corrected chi connectivity index (χ3v) is 12.3. The largest absolute Gasteiger partial charge is 0.481 e. The van der Waals surface area contributed by atoms with Crippen LogP contribution in [0.5, 0.6) is 11.8 Å². The lowest BCUT2D eigenvalue weighted by Crippen LogP contribution is -2.72. The number of carbonyl (C=O) groups excluding carboxylic acids is 2. The number of pyridine rings is 1. The normalized spacial score (nSPS) is 21.2. The number of nitrogens with one attached hydrogen (secondary N) is 1. The highest BCUT2D eigenvalue weighted by molar-refractivity contribution is 6.36. The van der Waals surface area contributed by atoms with Gasteiger partial charge >= 0.3 is 0 Å². The topological polar surface area (TPSA) is 113 Å². The van der Waals surface area contributed by atoms with E-state index in [4.69, 9.17) is 36.0 Å². The van der Waals surface area contributed by atoms with Crippen molar-refractivity contribution in [2.75, 3.05) is 53.5 Å². The smallest absolute Gasteiger partial charge is 0.237 e. The molecule has 1 unspecified atom stereocenters. The first-order valence-corrected chi connectivity index (χ1v) is 18.5. The van der Waals surface area contributed by atoms with Crippen molar-refractivity contribution in [2.24, 2.45) is 5.41 Å². The molecule has 4 fully saturated rings. The number of aryl methyl sites for hydroxylation is 1. The van der Waals surface area contributed by atoms with Crippen molar-refractivity contribution in [3.05, 3.63) is 76.3 Å². The standard InChI is InChI=1S/C40H41ClFN7O4/c1-23(50)48-19-39(20-48)17-47(18-39)16-31-37(52-2)45-30(15-43-31)27-8-4-6-25(35(27)41)26-7-5-9-28(36(26)42)29-14-24-10-11-32(34(24)38(44-29)53-3)49-21-40(22-49)13-12-33(51)46-40/h4-9,14-15,32H,10-13,16-22H2,1-3H3,(H,46,51). The van der Waals surface area contributed by atoms with Gasteiger partial charge in [-0.05, 0) is 37.0 Å². The molecule has 0 bridgehead atoms. The fraction of sp³-hybridized carbons (Fsp3) is 0.425. The summed E-state index contributed by atoms with van der Waals surface area (Å²) in [5, 5.41) is 3.52. The molecule has 13 heteroatoms. The van der Waals surface area contributed by atoms with Crippen LogP contribution < -0.4 is 14.8 Å². The third kappa shape index (κ3) is 5.73. The first kappa shape index (κ1) is 34.1. The van der Waals surface area contributed by atoms with E-state index in [1.54, 1.807) is 45.5 Å². The molecule has 2 spiro atoms. The molecule has 4 aromatic rings. The van der Waals surface area contributed by atoms with E-state index in [9.17, 15) is 9.59 Å². The number of fused-ring (bicyclic) bond motifs is 1. The molecule has 1 aliphatic carbocycles. The van der Waals surface area contributed by atoms with Gasteiger partial charge in [0.1, 0.15) is 11.5 Å². The molecule has 1 N–H and O–H groups in total. The Hall–Kier alpha value is -4.65. The minimum atomic E-state index is -0.429. The molecule has 9 rings (SSSR count). The van der Waals surface area contributed by atoms with Crippen molar-refractivity contribution in [1.29, 1.82) is 0 Å². The van der Waals surface area contributed by atoms with Crippen LogP contribution in [0, 0.1) is 11.2 Å². The molecule has 2 aromatic carbocycles. The number of hydrogen-bond donors (Lipinski definition) is 1. The van der Waals surface area contributed by atoms with Crippen LogP contribution in [0.3, 0.4) is 0 Å². The molecule has 2 amide bonds. The lowest BCUT2D eigenvalue weighted by atomic mass is 9.73. The van der Waals surface area contributed by atoms with Gasteiger partial charge in [-0.1, -0.05) is 41.9 Å². The van der Waals surface area contributed by atoms with Crippen LogP contribution >= 0.6 is 11.6 Å². The zero-order valence-electron chi connectivity index (χ0n) is 30.0. The Kier molecular flexibility index (Phi) is 8.21. The second kappa shape index (κ2) is 12.7. The maximum Gasteiger partial charge on any atom is 0.237 e. The zero-order chi connectivity index (χ0) is 36.6. The van der Waals surface area contributed by atoms with Crippen LogP contribution in [0.1, 0.15) is 49.0 Å². The summed E-state index contributed by atoms with van der Waals surface area (Å²) < 4.78 is 28.1. The molecular weight excluding hydrogens is 697 g/mol. The molecule has 11 nitrogen and oxygen atoms in total. The first-order valence-electron chi connectivity index (χ1n) is 18.2. The van der Waals surface area contributed by atoms with Crippen molar-refractivity contribution in [2.45, 2.75) is 50.7 Å². The van der Waals surface area contributed by atoms with Gasteiger partial charge in [-0.25, -0.2) is 14.4 Å². The van der Waals surface area contributed by atoms with Gasteiger partial charge < -0.3 is 19.7 Å². The average molecular weight is 738 g/mol. The summed E-state index contributed by atoms with van der Waals surface area (Å²) in [7, 11) is 3.18. The number of nitrogens with zero attached hydrogens (tertiary/aromatic N) is 6. The van der Waals surface area contributed by atoms with Gasteiger partial charge in [0, 0.05) is 98.4 Å². The second-order valence-corrected chi connectivity index (χ2v) is 15.8. The number of likely N-dealkylation sites (tertiary alicyclic amines) is 3. The van der Waals surface area contributed by atoms with Crippen LogP contribution in [0.15, 0.2) is 48.7 Å². The Morgan fingerprint density at radius 3 is 2.34 bits per heavy atom. The molecule has 6 heterocycles. The van der Waals surface area contributed by atoms with Gasteiger partial charge in [0.05, 0.1) is 42.4 Å². The molecule has 4 saturated heterocycles. The van der Waals surface area contributed by atoms with E-state index >= 15 is 4.39 Å². The number of amides is 2. The van der Waals surface area contributed by atoms with Gasteiger partial charge in [-0.3, -0.25) is 24.4 Å². The highest BCUT2D eigenvalue weighted by atomic mass is 35.5. The summed E-state index contributed by atoms with van der Waals surface area (Å²) >= 11 is 7.05. The van der Waals surface area contributed by atoms with Crippen molar-refractivity contribution in [3.63, 3.8) is 0 Å². The van der Waals surface area contributed by atoms with Crippen LogP contribution in [-0.2, 0) is 22.6 Å². The minimum Gasteiger partial charge on any atom is -0.481 e. The van der Waals surface area contributed by atoms with E-state index < -0.39 is 5.82 Å². The summed E-state index contributed by atoms with van der Waals surface area (Å²) in [6.07, 6.45) is 4.89. The summed E-state index contributed by atoms with van der Waals surface area (Å²) in [6, 6.07) is 12.9. The summed E-state index contributed by atoms with van der Waals surface area (Å²) in [4.78, 5) is 44.4. The number of ether oxygens (including phenoxy) is 2. The highest BCUT2D eigenvalue weighted by Gasteiger charge is 2.53. The van der Waals surface area contributed by atoms with E-state index in [2.05, 4.69) is 15.1 Å².